The van der Waals surface area contributed by atoms with Crippen LogP contribution in [0, 0.1) is 13.8 Å². The van der Waals surface area contributed by atoms with E-state index >= 15 is 0 Å². The van der Waals surface area contributed by atoms with Gasteiger partial charge in [-0.1, -0.05) is 6.07 Å². The van der Waals surface area contributed by atoms with Crippen LogP contribution in [0.5, 0.6) is 0 Å². The number of hydrogen-bond acceptors (Lipinski definition) is 4. The number of rotatable bonds is 4. The molecule has 5 heteroatoms. The minimum absolute atomic E-state index is 0.314. The molecular weight excluding hydrogens is 322 g/mol. The Morgan fingerprint density at radius 1 is 1.17 bits per heavy atom. The van der Waals surface area contributed by atoms with E-state index in [2.05, 4.69) is 11.4 Å². The van der Waals surface area contributed by atoms with E-state index in [9.17, 15) is 9.59 Å². The Morgan fingerprint density at radius 2 is 1.92 bits per heavy atom. The first-order valence-corrected chi connectivity index (χ1v) is 8.96. The Kier molecular flexibility index (Phi) is 4.71. The number of aryl methyl sites for hydroxylation is 4. The van der Waals surface area contributed by atoms with E-state index in [1.807, 2.05) is 26.0 Å². The lowest BCUT2D eigenvalue weighted by Crippen LogP contribution is -2.30. The summed E-state index contributed by atoms with van der Waals surface area (Å²) in [7, 11) is 0. The summed E-state index contributed by atoms with van der Waals surface area (Å²) in [6, 6.07) is 7.78. The van der Waals surface area contributed by atoms with Crippen molar-refractivity contribution in [1.82, 2.24) is 0 Å². The van der Waals surface area contributed by atoms with E-state index in [1.54, 1.807) is 24.3 Å². The summed E-state index contributed by atoms with van der Waals surface area (Å²) in [4.78, 5) is 26.4. The number of nitrogens with one attached hydrogen (secondary N) is 1. The summed E-state index contributed by atoms with van der Waals surface area (Å²) in [6.45, 7) is 5.41. The number of fused-ring (bicyclic) bond motifs is 1. The van der Waals surface area contributed by atoms with Gasteiger partial charge in [-0.3, -0.25) is 4.79 Å². The lowest BCUT2D eigenvalue weighted by Gasteiger charge is -2.14. The third-order valence-electron chi connectivity index (χ3n) is 4.28. The molecule has 1 aliphatic rings. The summed E-state index contributed by atoms with van der Waals surface area (Å²) in [5.74, 6) is -0.764. The molecule has 2 aromatic rings. The maximum atomic E-state index is 12.3. The number of anilines is 1. The molecule has 0 fully saturated rings. The molecule has 0 spiro atoms. The van der Waals surface area contributed by atoms with Crippen molar-refractivity contribution in [3.63, 3.8) is 0 Å². The number of esters is 1. The highest BCUT2D eigenvalue weighted by atomic mass is 32.1. The minimum atomic E-state index is -0.842. The summed E-state index contributed by atoms with van der Waals surface area (Å²) in [6.07, 6.45) is 2.49. The van der Waals surface area contributed by atoms with Crippen LogP contribution >= 0.6 is 11.3 Å². The second kappa shape index (κ2) is 6.77. The maximum Gasteiger partial charge on any atom is 0.340 e. The van der Waals surface area contributed by atoms with E-state index in [4.69, 9.17) is 4.74 Å². The average Bonchev–Trinajstić information content (AvgIpc) is 3.12. The van der Waals surface area contributed by atoms with Crippen molar-refractivity contribution >= 4 is 28.9 Å². The summed E-state index contributed by atoms with van der Waals surface area (Å²) in [5, 5.41) is 2.83. The molecule has 1 amide bonds. The van der Waals surface area contributed by atoms with Crippen molar-refractivity contribution in [2.75, 3.05) is 5.32 Å². The minimum Gasteiger partial charge on any atom is -0.449 e. The van der Waals surface area contributed by atoms with Crippen LogP contribution in [0.2, 0.25) is 0 Å². The monoisotopic (exact) mass is 343 g/mol. The van der Waals surface area contributed by atoms with Gasteiger partial charge in [0.25, 0.3) is 5.91 Å². The normalized spacial score (nSPS) is 14.1. The van der Waals surface area contributed by atoms with Gasteiger partial charge in [0.2, 0.25) is 0 Å². The molecule has 1 aliphatic carbocycles. The molecule has 0 unspecified atom stereocenters. The van der Waals surface area contributed by atoms with Crippen LogP contribution in [0.1, 0.15) is 44.6 Å². The number of carbonyl (C=O) groups excluding carboxylic acids is 2. The van der Waals surface area contributed by atoms with Crippen LogP contribution in [-0.4, -0.2) is 18.0 Å². The van der Waals surface area contributed by atoms with Crippen LogP contribution in [0.4, 0.5) is 5.69 Å². The molecule has 1 aromatic carbocycles. The molecule has 0 saturated heterocycles. The molecule has 1 heterocycles. The highest BCUT2D eigenvalue weighted by Crippen LogP contribution is 2.25. The molecule has 0 radical (unpaired) electrons. The molecule has 0 aliphatic heterocycles. The first-order chi connectivity index (χ1) is 11.4. The van der Waals surface area contributed by atoms with Crippen molar-refractivity contribution in [2.45, 2.75) is 46.1 Å². The summed E-state index contributed by atoms with van der Waals surface area (Å²) >= 11 is 1.55. The fourth-order valence-corrected chi connectivity index (χ4v) is 3.92. The third kappa shape index (κ3) is 3.51. The molecule has 1 N–H and O–H groups in total. The van der Waals surface area contributed by atoms with Crippen molar-refractivity contribution in [3.05, 3.63) is 50.7 Å². The molecule has 1 atom stereocenters. The SMILES string of the molecule is Cc1cc(C(=O)O[C@H](C)C(=O)Nc2ccc3c(c2)CCC3)c(C)s1. The molecule has 0 bridgehead atoms. The number of benzene rings is 1. The number of hydrogen-bond donors (Lipinski definition) is 1. The lowest BCUT2D eigenvalue weighted by molar-refractivity contribution is -0.123. The van der Waals surface area contributed by atoms with Crippen LogP contribution in [-0.2, 0) is 22.4 Å². The van der Waals surface area contributed by atoms with Crippen LogP contribution in [0.3, 0.4) is 0 Å². The second-order valence-corrected chi connectivity index (χ2v) is 7.66. The van der Waals surface area contributed by atoms with Gasteiger partial charge < -0.3 is 10.1 Å². The first-order valence-electron chi connectivity index (χ1n) is 8.14. The Labute approximate surface area is 145 Å². The zero-order valence-electron chi connectivity index (χ0n) is 14.1. The number of thiophene rings is 1. The Hall–Kier alpha value is -2.14. The Morgan fingerprint density at radius 3 is 2.62 bits per heavy atom. The highest BCUT2D eigenvalue weighted by Gasteiger charge is 2.21. The molecule has 3 rings (SSSR count). The fourth-order valence-electron chi connectivity index (χ4n) is 3.00. The number of amides is 1. The summed E-state index contributed by atoms with van der Waals surface area (Å²) in [5.41, 5.74) is 3.94. The predicted octanol–water partition coefficient (Wildman–Crippen LogP) is 4.04. The standard InChI is InChI=1S/C19H21NO3S/c1-11-9-17(13(3)24-11)19(22)23-12(2)18(21)20-16-8-7-14-5-4-6-15(14)10-16/h7-10,12H,4-6H2,1-3H3,(H,20,21)/t12-/m1/s1. The molecule has 24 heavy (non-hydrogen) atoms. The van der Waals surface area contributed by atoms with Crippen LogP contribution < -0.4 is 5.32 Å². The van der Waals surface area contributed by atoms with Gasteiger partial charge in [0.15, 0.2) is 6.10 Å². The van der Waals surface area contributed by atoms with Gasteiger partial charge >= 0.3 is 5.97 Å². The molecule has 126 valence electrons. The van der Waals surface area contributed by atoms with Gasteiger partial charge in [0, 0.05) is 15.4 Å². The van der Waals surface area contributed by atoms with Gasteiger partial charge in [-0.2, -0.15) is 0 Å². The van der Waals surface area contributed by atoms with Crippen molar-refractivity contribution in [1.29, 1.82) is 0 Å². The van der Waals surface area contributed by atoms with Gasteiger partial charge in [-0.05, 0) is 69.4 Å². The molecule has 4 nitrogen and oxygen atoms in total. The zero-order valence-corrected chi connectivity index (χ0v) is 15.0. The van der Waals surface area contributed by atoms with E-state index in [1.165, 1.54) is 17.5 Å². The van der Waals surface area contributed by atoms with Crippen LogP contribution in [0.15, 0.2) is 24.3 Å². The summed E-state index contributed by atoms with van der Waals surface area (Å²) < 4.78 is 5.31. The quantitative estimate of drug-likeness (QED) is 0.853. The van der Waals surface area contributed by atoms with Crippen molar-refractivity contribution in [2.24, 2.45) is 0 Å². The van der Waals surface area contributed by atoms with Gasteiger partial charge in [0.05, 0.1) is 5.56 Å². The predicted molar refractivity (Wildman–Crippen MR) is 95.8 cm³/mol. The Balaban J connectivity index is 1.62. The third-order valence-corrected chi connectivity index (χ3v) is 5.25. The molecule has 1 aromatic heterocycles. The first kappa shape index (κ1) is 16.7. The van der Waals surface area contributed by atoms with E-state index in [0.717, 1.165) is 28.3 Å². The van der Waals surface area contributed by atoms with E-state index in [0.29, 0.717) is 5.56 Å². The maximum absolute atomic E-state index is 12.3. The van der Waals surface area contributed by atoms with Crippen molar-refractivity contribution in [3.8, 4) is 0 Å². The van der Waals surface area contributed by atoms with E-state index < -0.39 is 12.1 Å². The van der Waals surface area contributed by atoms with Gasteiger partial charge in [0.1, 0.15) is 0 Å². The van der Waals surface area contributed by atoms with Crippen molar-refractivity contribution < 1.29 is 14.3 Å². The lowest BCUT2D eigenvalue weighted by atomic mass is 10.1. The van der Waals surface area contributed by atoms with Gasteiger partial charge in [-0.15, -0.1) is 11.3 Å². The Bertz CT molecular complexity index is 794. The topological polar surface area (TPSA) is 55.4 Å². The van der Waals surface area contributed by atoms with E-state index in [-0.39, 0.29) is 5.91 Å². The molecule has 0 saturated carbocycles. The second-order valence-electron chi connectivity index (χ2n) is 6.20. The van der Waals surface area contributed by atoms with Gasteiger partial charge in [-0.25, -0.2) is 4.79 Å². The van der Waals surface area contributed by atoms with Crippen LogP contribution in [0.25, 0.3) is 0 Å². The largest absolute Gasteiger partial charge is 0.449 e. The molecular formula is C19H21NO3S. The number of carbonyl (C=O) groups is 2. The fraction of sp³-hybridized carbons (Fsp3) is 0.368. The average molecular weight is 343 g/mol. The zero-order chi connectivity index (χ0) is 17.3. The number of ether oxygens (including phenoxy) is 1. The smallest absolute Gasteiger partial charge is 0.340 e. The highest BCUT2D eigenvalue weighted by molar-refractivity contribution is 7.12.